The van der Waals surface area contributed by atoms with Gasteiger partial charge in [-0.05, 0) is 23.8 Å². The van der Waals surface area contributed by atoms with Crippen LogP contribution in [0.25, 0.3) is 22.1 Å². The van der Waals surface area contributed by atoms with Crippen LogP contribution in [-0.4, -0.2) is 21.2 Å². The molecule has 0 aliphatic rings. The number of carboxylic acid groups (broad SMARTS) is 1. The van der Waals surface area contributed by atoms with E-state index in [-0.39, 0.29) is 12.2 Å². The van der Waals surface area contributed by atoms with Crippen LogP contribution in [0.2, 0.25) is 0 Å². The molecule has 0 fully saturated rings. The standard InChI is InChI=1S/C15H11NO4/c17-8-12-5-11-6-16-7-13(14(11)20-12)9-2-1-3-10(4-9)15(18)19/h1-7,17H,8H2,(H,18,19). The van der Waals surface area contributed by atoms with Gasteiger partial charge in [-0.1, -0.05) is 12.1 Å². The lowest BCUT2D eigenvalue weighted by atomic mass is 10.0. The van der Waals surface area contributed by atoms with E-state index in [9.17, 15) is 4.79 Å². The summed E-state index contributed by atoms with van der Waals surface area (Å²) < 4.78 is 5.57. The largest absolute Gasteiger partial charge is 0.478 e. The molecular weight excluding hydrogens is 258 g/mol. The molecule has 5 heteroatoms. The average molecular weight is 269 g/mol. The molecule has 2 heterocycles. The first-order valence-electron chi connectivity index (χ1n) is 6.00. The molecule has 0 bridgehead atoms. The molecule has 0 saturated heterocycles. The third-order valence-corrected chi connectivity index (χ3v) is 3.05. The van der Waals surface area contributed by atoms with E-state index in [1.165, 1.54) is 6.07 Å². The Bertz CT molecular complexity index is 791. The van der Waals surface area contributed by atoms with Crippen molar-refractivity contribution in [1.29, 1.82) is 0 Å². The first-order chi connectivity index (χ1) is 9.69. The number of carbonyl (C=O) groups is 1. The predicted molar refractivity (Wildman–Crippen MR) is 72.3 cm³/mol. The monoisotopic (exact) mass is 269 g/mol. The molecule has 5 nitrogen and oxygen atoms in total. The number of aromatic carboxylic acids is 1. The number of hydrogen-bond acceptors (Lipinski definition) is 4. The molecular formula is C15H11NO4. The van der Waals surface area contributed by atoms with Crippen molar-refractivity contribution in [2.75, 3.05) is 0 Å². The third kappa shape index (κ3) is 2.04. The average Bonchev–Trinajstić information content (AvgIpc) is 2.90. The number of furan rings is 1. The molecule has 2 aromatic heterocycles. The molecule has 1 aromatic carbocycles. The second-order valence-electron chi connectivity index (χ2n) is 4.36. The maximum atomic E-state index is 11.0. The number of nitrogens with zero attached hydrogens (tertiary/aromatic N) is 1. The lowest BCUT2D eigenvalue weighted by Gasteiger charge is -2.03. The van der Waals surface area contributed by atoms with Crippen LogP contribution in [0.3, 0.4) is 0 Å². The fraction of sp³-hybridized carbons (Fsp3) is 0.0667. The van der Waals surface area contributed by atoms with E-state index >= 15 is 0 Å². The minimum Gasteiger partial charge on any atom is -0.478 e. The van der Waals surface area contributed by atoms with Gasteiger partial charge in [0.25, 0.3) is 0 Å². The Morgan fingerprint density at radius 3 is 2.85 bits per heavy atom. The Morgan fingerprint density at radius 2 is 2.10 bits per heavy atom. The second-order valence-corrected chi connectivity index (χ2v) is 4.36. The molecule has 0 radical (unpaired) electrons. The summed E-state index contributed by atoms with van der Waals surface area (Å²) in [6, 6.07) is 8.28. The fourth-order valence-corrected chi connectivity index (χ4v) is 2.12. The number of pyridine rings is 1. The summed E-state index contributed by atoms with van der Waals surface area (Å²) in [6.45, 7) is -0.191. The van der Waals surface area contributed by atoms with E-state index in [4.69, 9.17) is 14.6 Å². The topological polar surface area (TPSA) is 83.6 Å². The van der Waals surface area contributed by atoms with E-state index in [0.29, 0.717) is 22.5 Å². The number of aliphatic hydroxyl groups is 1. The van der Waals surface area contributed by atoms with Gasteiger partial charge in [0.1, 0.15) is 18.0 Å². The van der Waals surface area contributed by atoms with Crippen molar-refractivity contribution in [3.63, 3.8) is 0 Å². The van der Waals surface area contributed by atoms with Crippen LogP contribution in [0.4, 0.5) is 0 Å². The van der Waals surface area contributed by atoms with Crippen molar-refractivity contribution in [1.82, 2.24) is 4.98 Å². The van der Waals surface area contributed by atoms with E-state index in [0.717, 1.165) is 5.39 Å². The zero-order valence-electron chi connectivity index (χ0n) is 10.4. The minimum atomic E-state index is -0.984. The van der Waals surface area contributed by atoms with Gasteiger partial charge in [0.15, 0.2) is 0 Å². The highest BCUT2D eigenvalue weighted by Crippen LogP contribution is 2.30. The van der Waals surface area contributed by atoms with Crippen molar-refractivity contribution in [2.45, 2.75) is 6.61 Å². The lowest BCUT2D eigenvalue weighted by molar-refractivity contribution is 0.0697. The zero-order valence-corrected chi connectivity index (χ0v) is 10.4. The Balaban J connectivity index is 2.21. The van der Waals surface area contributed by atoms with Crippen LogP contribution < -0.4 is 0 Å². The highest BCUT2D eigenvalue weighted by Gasteiger charge is 2.12. The summed E-state index contributed by atoms with van der Waals surface area (Å²) in [5, 5.41) is 18.9. The van der Waals surface area contributed by atoms with Gasteiger partial charge < -0.3 is 14.6 Å². The quantitative estimate of drug-likeness (QED) is 0.763. The van der Waals surface area contributed by atoms with Gasteiger partial charge in [-0.25, -0.2) is 4.79 Å². The summed E-state index contributed by atoms with van der Waals surface area (Å²) in [5.41, 5.74) is 2.20. The maximum absolute atomic E-state index is 11.0. The number of carboxylic acids is 1. The van der Waals surface area contributed by atoms with Gasteiger partial charge in [-0.2, -0.15) is 0 Å². The summed E-state index contributed by atoms with van der Waals surface area (Å²) in [5.74, 6) is -0.536. The molecule has 0 unspecified atom stereocenters. The van der Waals surface area contributed by atoms with E-state index in [2.05, 4.69) is 4.98 Å². The van der Waals surface area contributed by atoms with Crippen LogP contribution in [0, 0.1) is 0 Å². The molecule has 3 rings (SSSR count). The van der Waals surface area contributed by atoms with Crippen LogP contribution in [-0.2, 0) is 6.61 Å². The third-order valence-electron chi connectivity index (χ3n) is 3.05. The summed E-state index contributed by atoms with van der Waals surface area (Å²) in [4.78, 5) is 15.1. The Kier molecular flexibility index (Phi) is 2.96. The van der Waals surface area contributed by atoms with E-state index in [1.54, 1.807) is 36.7 Å². The first kappa shape index (κ1) is 12.4. The van der Waals surface area contributed by atoms with Crippen molar-refractivity contribution in [2.24, 2.45) is 0 Å². The molecule has 20 heavy (non-hydrogen) atoms. The number of benzene rings is 1. The van der Waals surface area contributed by atoms with Crippen LogP contribution in [0.15, 0.2) is 47.1 Å². The van der Waals surface area contributed by atoms with Crippen LogP contribution in [0.5, 0.6) is 0 Å². The van der Waals surface area contributed by atoms with Gasteiger partial charge in [-0.3, -0.25) is 4.98 Å². The Hall–Kier alpha value is -2.66. The Labute approximate surface area is 114 Å². The highest BCUT2D eigenvalue weighted by molar-refractivity contribution is 5.94. The van der Waals surface area contributed by atoms with E-state index in [1.807, 2.05) is 0 Å². The normalized spacial score (nSPS) is 10.8. The van der Waals surface area contributed by atoms with Gasteiger partial charge in [0.05, 0.1) is 5.56 Å². The van der Waals surface area contributed by atoms with Crippen LogP contribution in [0.1, 0.15) is 16.1 Å². The molecule has 0 amide bonds. The summed E-state index contributed by atoms with van der Waals surface area (Å²) >= 11 is 0. The first-order valence-corrected chi connectivity index (χ1v) is 6.00. The Morgan fingerprint density at radius 1 is 1.25 bits per heavy atom. The number of rotatable bonds is 3. The molecule has 0 aliphatic heterocycles. The van der Waals surface area contributed by atoms with Gasteiger partial charge in [0.2, 0.25) is 0 Å². The molecule has 0 aliphatic carbocycles. The lowest BCUT2D eigenvalue weighted by Crippen LogP contribution is -1.95. The van der Waals surface area contributed by atoms with Gasteiger partial charge in [-0.15, -0.1) is 0 Å². The number of aromatic nitrogens is 1. The molecule has 3 aromatic rings. The number of hydrogen-bond donors (Lipinski definition) is 2. The number of fused-ring (bicyclic) bond motifs is 1. The van der Waals surface area contributed by atoms with Crippen molar-refractivity contribution in [3.8, 4) is 11.1 Å². The zero-order chi connectivity index (χ0) is 14.1. The maximum Gasteiger partial charge on any atom is 0.335 e. The molecule has 0 saturated carbocycles. The predicted octanol–water partition coefficient (Wildman–Crippen LogP) is 2.69. The molecule has 0 atom stereocenters. The molecule has 0 spiro atoms. The number of aliphatic hydroxyl groups excluding tert-OH is 1. The minimum absolute atomic E-state index is 0.191. The SMILES string of the molecule is O=C(O)c1cccc(-c2cncc3cc(CO)oc23)c1. The smallest absolute Gasteiger partial charge is 0.335 e. The van der Waals surface area contributed by atoms with Gasteiger partial charge in [0, 0.05) is 23.3 Å². The van der Waals surface area contributed by atoms with E-state index < -0.39 is 5.97 Å². The van der Waals surface area contributed by atoms with Crippen molar-refractivity contribution in [3.05, 3.63) is 54.0 Å². The summed E-state index contributed by atoms with van der Waals surface area (Å²) in [7, 11) is 0. The van der Waals surface area contributed by atoms with Crippen molar-refractivity contribution < 1.29 is 19.4 Å². The second kappa shape index (κ2) is 4.79. The highest BCUT2D eigenvalue weighted by atomic mass is 16.4. The summed E-state index contributed by atoms with van der Waals surface area (Å²) in [6.07, 6.45) is 3.26. The molecule has 2 N–H and O–H groups in total. The fourth-order valence-electron chi connectivity index (χ4n) is 2.12. The van der Waals surface area contributed by atoms with Crippen molar-refractivity contribution >= 4 is 16.9 Å². The molecule has 100 valence electrons. The van der Waals surface area contributed by atoms with Crippen LogP contribution >= 0.6 is 0 Å². The van der Waals surface area contributed by atoms with Gasteiger partial charge >= 0.3 is 5.97 Å².